The van der Waals surface area contributed by atoms with Gasteiger partial charge in [0.15, 0.2) is 0 Å². The molecule has 11 nitrogen and oxygen atoms in total. The van der Waals surface area contributed by atoms with Gasteiger partial charge in [0.2, 0.25) is 11.8 Å². The van der Waals surface area contributed by atoms with Crippen molar-refractivity contribution in [2.45, 2.75) is 45.9 Å². The number of hydrogen-bond acceptors (Lipinski definition) is 9. The third kappa shape index (κ3) is 8.08. The number of carbonyl (C=O) groups excluding carboxylic acids is 2. The molecule has 2 aliphatic rings. The van der Waals surface area contributed by atoms with Gasteiger partial charge in [-0.3, -0.25) is 24.5 Å². The molecule has 2 amide bonds. The van der Waals surface area contributed by atoms with E-state index in [0.717, 1.165) is 54.7 Å². The molecule has 0 unspecified atom stereocenters. The van der Waals surface area contributed by atoms with Crippen molar-refractivity contribution in [1.29, 1.82) is 0 Å². The third-order valence-corrected chi connectivity index (χ3v) is 9.73. The summed E-state index contributed by atoms with van der Waals surface area (Å²) in [6.07, 6.45) is 5.14. The van der Waals surface area contributed by atoms with Crippen LogP contribution in [0.1, 0.15) is 46.9 Å². The second-order valence-electron chi connectivity index (χ2n) is 12.8. The lowest BCUT2D eigenvalue weighted by molar-refractivity contribution is -0.130. The van der Waals surface area contributed by atoms with E-state index in [-0.39, 0.29) is 17.9 Å². The number of methoxy groups -OCH3 is 1. The Kier molecular flexibility index (Phi) is 10.8. The van der Waals surface area contributed by atoms with Gasteiger partial charge in [0, 0.05) is 81.0 Å². The normalized spacial score (nSPS) is 15.6. The summed E-state index contributed by atoms with van der Waals surface area (Å²) in [6.45, 7) is 8.65. The maximum atomic E-state index is 13.1. The van der Waals surface area contributed by atoms with E-state index >= 15 is 0 Å². The molecule has 3 aromatic heterocycles. The summed E-state index contributed by atoms with van der Waals surface area (Å²) in [4.78, 5) is 42.6. The molecule has 256 valence electrons. The second-order valence-corrected chi connectivity index (χ2v) is 13.2. The first-order valence-corrected chi connectivity index (χ1v) is 17.0. The van der Waals surface area contributed by atoms with Crippen molar-refractivity contribution < 1.29 is 19.4 Å². The smallest absolute Gasteiger partial charge is 0.274 e. The predicted octanol–water partition coefficient (Wildman–Crippen LogP) is 4.95. The molecule has 2 saturated heterocycles. The summed E-state index contributed by atoms with van der Waals surface area (Å²) >= 11 is 7.02. The van der Waals surface area contributed by atoms with Crippen LogP contribution >= 0.6 is 11.6 Å². The number of nitrogens with one attached hydrogen (secondary N) is 2. The van der Waals surface area contributed by atoms with Gasteiger partial charge in [-0.15, -0.1) is 0 Å². The van der Waals surface area contributed by atoms with E-state index in [9.17, 15) is 14.7 Å². The Bertz CT molecular complexity index is 1810. The number of anilines is 1. The number of halogens is 1. The van der Waals surface area contributed by atoms with Gasteiger partial charge in [-0.2, -0.15) is 0 Å². The highest BCUT2D eigenvalue weighted by Gasteiger charge is 2.24. The topological polar surface area (TPSA) is 133 Å². The Balaban J connectivity index is 1.13. The zero-order valence-corrected chi connectivity index (χ0v) is 28.8. The van der Waals surface area contributed by atoms with Gasteiger partial charge in [0.25, 0.3) is 5.91 Å². The molecule has 0 atom stereocenters. The molecular formula is C37H42ClN7O4. The van der Waals surface area contributed by atoms with Crippen molar-refractivity contribution in [1.82, 2.24) is 30.1 Å². The standard InChI is InChI=1S/C37H42ClN7O4/c1-23-29(5-4-6-31(23)42-36(48)33-9-7-26(18-41-33)20-44-21-28(47)22-44)35-34(38)30(11-14-40-35)32-10-8-27(37(43-32)49-3)19-39-17-25-12-15-45(16-13-25)24(2)46/h4-11,14,18,25,28,39,47H,12-13,15-17,19-22H2,1-3H3,(H,42,48). The van der Waals surface area contributed by atoms with Gasteiger partial charge in [0.05, 0.1) is 29.6 Å². The van der Waals surface area contributed by atoms with Gasteiger partial charge in [-0.05, 0) is 67.6 Å². The Morgan fingerprint density at radius 1 is 1.04 bits per heavy atom. The SMILES string of the molecule is COc1nc(-c2ccnc(-c3cccc(NC(=O)c4ccc(CN5CC(O)C5)cn4)c3C)c2Cl)ccc1CNCC1CCN(C(C)=O)CC1. The monoisotopic (exact) mass is 683 g/mol. The van der Waals surface area contributed by atoms with Gasteiger partial charge in [0.1, 0.15) is 5.69 Å². The predicted molar refractivity (Wildman–Crippen MR) is 189 cm³/mol. The fourth-order valence-corrected chi connectivity index (χ4v) is 6.73. The Morgan fingerprint density at radius 2 is 1.84 bits per heavy atom. The Labute approximate surface area is 291 Å². The lowest BCUT2D eigenvalue weighted by Crippen LogP contribution is -2.49. The molecule has 3 N–H and O–H groups in total. The van der Waals surface area contributed by atoms with Crippen LogP contribution in [0.2, 0.25) is 5.02 Å². The summed E-state index contributed by atoms with van der Waals surface area (Å²) in [5.41, 5.74) is 6.42. The quantitative estimate of drug-likeness (QED) is 0.201. The zero-order valence-electron chi connectivity index (χ0n) is 28.1. The molecule has 6 rings (SSSR count). The molecule has 0 spiro atoms. The highest BCUT2D eigenvalue weighted by atomic mass is 35.5. The number of β-amino-alcohol motifs (C(OH)–C–C–N with tert-alkyl or cyclic N) is 1. The highest BCUT2D eigenvalue weighted by Crippen LogP contribution is 2.38. The molecule has 5 heterocycles. The van der Waals surface area contributed by atoms with Gasteiger partial charge in [-0.1, -0.05) is 35.9 Å². The number of hydrogen-bond donors (Lipinski definition) is 3. The number of aliphatic hydroxyl groups is 1. The number of likely N-dealkylation sites (tertiary alicyclic amines) is 2. The number of ether oxygens (including phenoxy) is 1. The minimum atomic E-state index is -0.316. The number of aromatic nitrogens is 3. The number of rotatable bonds is 11. The average molecular weight is 684 g/mol. The van der Waals surface area contributed by atoms with E-state index in [1.807, 2.05) is 54.3 Å². The van der Waals surface area contributed by atoms with Crippen molar-refractivity contribution >= 4 is 29.1 Å². The summed E-state index contributed by atoms with van der Waals surface area (Å²) < 4.78 is 5.68. The molecule has 1 aromatic carbocycles. The van der Waals surface area contributed by atoms with Crippen LogP contribution in [0.4, 0.5) is 5.69 Å². The maximum Gasteiger partial charge on any atom is 0.274 e. The molecule has 12 heteroatoms. The van der Waals surface area contributed by atoms with Crippen LogP contribution in [0.5, 0.6) is 5.88 Å². The van der Waals surface area contributed by atoms with Crippen molar-refractivity contribution in [3.63, 3.8) is 0 Å². The number of aliphatic hydroxyl groups excluding tert-OH is 1. The number of amides is 2. The van der Waals surface area contributed by atoms with Crippen LogP contribution in [-0.2, 0) is 17.9 Å². The molecule has 2 fully saturated rings. The van der Waals surface area contributed by atoms with Gasteiger partial charge >= 0.3 is 0 Å². The zero-order chi connectivity index (χ0) is 34.5. The molecular weight excluding hydrogens is 642 g/mol. The Hall–Kier alpha value is -4.42. The molecule has 0 saturated carbocycles. The van der Waals surface area contributed by atoms with Crippen molar-refractivity contribution in [2.75, 3.05) is 45.2 Å². The lowest BCUT2D eigenvalue weighted by atomic mass is 9.96. The van der Waals surface area contributed by atoms with Crippen molar-refractivity contribution in [3.8, 4) is 28.4 Å². The largest absolute Gasteiger partial charge is 0.481 e. The molecule has 49 heavy (non-hydrogen) atoms. The number of nitrogens with zero attached hydrogens (tertiary/aromatic N) is 5. The summed E-state index contributed by atoms with van der Waals surface area (Å²) in [7, 11) is 1.61. The summed E-state index contributed by atoms with van der Waals surface area (Å²) in [5, 5.41) is 16.5. The number of pyridine rings is 3. The third-order valence-electron chi connectivity index (χ3n) is 9.34. The molecule has 4 aromatic rings. The fourth-order valence-electron chi connectivity index (χ4n) is 6.42. The molecule has 0 aliphatic carbocycles. The van der Waals surface area contributed by atoms with Crippen LogP contribution in [0.15, 0.2) is 60.9 Å². The fraction of sp³-hybridized carbons (Fsp3) is 0.378. The van der Waals surface area contributed by atoms with Crippen LogP contribution in [0, 0.1) is 12.8 Å². The van der Waals surface area contributed by atoms with Gasteiger partial charge < -0.3 is 25.4 Å². The number of piperidine rings is 1. The minimum Gasteiger partial charge on any atom is -0.481 e. The maximum absolute atomic E-state index is 13.1. The highest BCUT2D eigenvalue weighted by molar-refractivity contribution is 6.35. The molecule has 0 radical (unpaired) electrons. The lowest BCUT2D eigenvalue weighted by Gasteiger charge is -2.35. The van der Waals surface area contributed by atoms with Crippen LogP contribution in [-0.4, -0.2) is 87.6 Å². The first-order valence-electron chi connectivity index (χ1n) is 16.6. The second kappa shape index (κ2) is 15.4. The Morgan fingerprint density at radius 3 is 2.53 bits per heavy atom. The molecule has 2 aliphatic heterocycles. The summed E-state index contributed by atoms with van der Waals surface area (Å²) in [5.74, 6) is 0.877. The first-order chi connectivity index (χ1) is 23.7. The van der Waals surface area contributed by atoms with Gasteiger partial charge in [-0.25, -0.2) is 4.98 Å². The van der Waals surface area contributed by atoms with Crippen molar-refractivity contribution in [2.24, 2.45) is 5.92 Å². The number of carbonyl (C=O) groups is 2. The van der Waals surface area contributed by atoms with Crippen molar-refractivity contribution in [3.05, 3.63) is 88.3 Å². The van der Waals surface area contributed by atoms with Crippen LogP contribution in [0.25, 0.3) is 22.5 Å². The summed E-state index contributed by atoms with van der Waals surface area (Å²) in [6, 6.07) is 15.0. The van der Waals surface area contributed by atoms with Crippen LogP contribution in [0.3, 0.4) is 0 Å². The van der Waals surface area contributed by atoms with E-state index in [2.05, 4.69) is 25.5 Å². The average Bonchev–Trinajstić information content (AvgIpc) is 3.09. The van der Waals surface area contributed by atoms with E-state index in [1.165, 1.54) is 0 Å². The first kappa shape index (κ1) is 34.4. The van der Waals surface area contributed by atoms with E-state index < -0.39 is 0 Å². The van der Waals surface area contributed by atoms with Crippen LogP contribution < -0.4 is 15.4 Å². The molecule has 0 bridgehead atoms. The van der Waals surface area contributed by atoms with E-state index in [4.69, 9.17) is 21.3 Å². The number of benzene rings is 1. The van der Waals surface area contributed by atoms with E-state index in [1.54, 1.807) is 32.5 Å². The minimum absolute atomic E-state index is 0.147. The van der Waals surface area contributed by atoms with E-state index in [0.29, 0.717) is 71.3 Å².